The summed E-state index contributed by atoms with van der Waals surface area (Å²) >= 11 is 1.85. The lowest BCUT2D eigenvalue weighted by molar-refractivity contribution is 0.225. The van der Waals surface area contributed by atoms with Crippen molar-refractivity contribution in [1.29, 1.82) is 0 Å². The molecule has 0 saturated carbocycles. The average Bonchev–Trinajstić information content (AvgIpc) is 2.72. The normalized spacial score (nSPS) is 15.4. The van der Waals surface area contributed by atoms with Crippen molar-refractivity contribution in [3.8, 4) is 0 Å². The Balaban J connectivity index is 2.40. The van der Waals surface area contributed by atoms with Crippen molar-refractivity contribution >= 4 is 11.3 Å². The summed E-state index contributed by atoms with van der Waals surface area (Å²) < 4.78 is 0. The first kappa shape index (κ1) is 11.7. The van der Waals surface area contributed by atoms with Crippen molar-refractivity contribution in [2.75, 3.05) is 6.61 Å². The third kappa shape index (κ3) is 3.43. The van der Waals surface area contributed by atoms with Gasteiger partial charge in [0.15, 0.2) is 0 Å². The molecule has 1 rings (SSSR count). The number of hydrogen-bond acceptors (Lipinski definition) is 2. The first-order valence-electron chi connectivity index (χ1n) is 5.42. The van der Waals surface area contributed by atoms with Crippen LogP contribution in [0.3, 0.4) is 0 Å². The Labute approximate surface area is 90.8 Å². The largest absolute Gasteiger partial charge is 0.396 e. The van der Waals surface area contributed by atoms with E-state index in [9.17, 15) is 0 Å². The Hall–Kier alpha value is -0.340. The lowest BCUT2D eigenvalue weighted by Gasteiger charge is -2.15. The molecule has 1 aromatic heterocycles. The van der Waals surface area contributed by atoms with Crippen LogP contribution in [0.4, 0.5) is 0 Å². The van der Waals surface area contributed by atoms with Gasteiger partial charge in [0, 0.05) is 11.5 Å². The van der Waals surface area contributed by atoms with E-state index in [1.807, 2.05) is 11.3 Å². The molecule has 80 valence electrons. The molecule has 2 atom stereocenters. The molecule has 0 aliphatic heterocycles. The van der Waals surface area contributed by atoms with E-state index >= 15 is 0 Å². The molecule has 0 radical (unpaired) electrons. The van der Waals surface area contributed by atoms with Crippen LogP contribution >= 0.6 is 11.3 Å². The van der Waals surface area contributed by atoms with E-state index in [0.717, 1.165) is 6.42 Å². The summed E-state index contributed by atoms with van der Waals surface area (Å²) in [7, 11) is 0. The second-order valence-electron chi connectivity index (χ2n) is 3.99. The van der Waals surface area contributed by atoms with Crippen LogP contribution in [0.2, 0.25) is 0 Å². The fraction of sp³-hybridized carbons (Fsp3) is 0.667. The first-order valence-corrected chi connectivity index (χ1v) is 6.30. The Bertz CT molecular complexity index is 230. The van der Waals surface area contributed by atoms with E-state index in [0.29, 0.717) is 18.4 Å². The lowest BCUT2D eigenvalue weighted by atomic mass is 9.94. The minimum absolute atomic E-state index is 0.320. The summed E-state index contributed by atoms with van der Waals surface area (Å²) in [4.78, 5) is 1.50. The smallest absolute Gasteiger partial charge is 0.0456 e. The van der Waals surface area contributed by atoms with Gasteiger partial charge in [0.2, 0.25) is 0 Å². The number of aliphatic hydroxyl groups excluding tert-OH is 1. The molecule has 0 spiro atoms. The number of aliphatic hydroxyl groups is 1. The van der Waals surface area contributed by atoms with Crippen LogP contribution in [0.15, 0.2) is 17.5 Å². The molecule has 2 unspecified atom stereocenters. The van der Waals surface area contributed by atoms with Crippen LogP contribution in [-0.4, -0.2) is 11.7 Å². The molecule has 0 aromatic carbocycles. The molecular weight excluding hydrogens is 192 g/mol. The molecule has 14 heavy (non-hydrogen) atoms. The van der Waals surface area contributed by atoms with E-state index in [4.69, 9.17) is 5.11 Å². The van der Waals surface area contributed by atoms with Crippen LogP contribution in [0.25, 0.3) is 0 Å². The van der Waals surface area contributed by atoms with Crippen molar-refractivity contribution in [3.05, 3.63) is 22.4 Å². The summed E-state index contributed by atoms with van der Waals surface area (Å²) in [6.07, 6.45) is 3.55. The number of rotatable bonds is 6. The van der Waals surface area contributed by atoms with Crippen LogP contribution in [-0.2, 0) is 0 Å². The molecule has 1 N–H and O–H groups in total. The second-order valence-corrected chi connectivity index (χ2v) is 4.96. The van der Waals surface area contributed by atoms with Crippen molar-refractivity contribution in [2.24, 2.45) is 5.92 Å². The van der Waals surface area contributed by atoms with E-state index in [1.54, 1.807) is 0 Å². The molecule has 1 aromatic rings. The Morgan fingerprint density at radius 2 is 2.21 bits per heavy atom. The molecule has 2 heteroatoms. The van der Waals surface area contributed by atoms with Gasteiger partial charge in [-0.05, 0) is 42.5 Å². The lowest BCUT2D eigenvalue weighted by Crippen LogP contribution is -2.03. The van der Waals surface area contributed by atoms with E-state index in [2.05, 4.69) is 31.4 Å². The quantitative estimate of drug-likeness (QED) is 0.763. The summed E-state index contributed by atoms with van der Waals surface area (Å²) in [6, 6.07) is 4.35. The Morgan fingerprint density at radius 1 is 1.43 bits per heavy atom. The third-order valence-corrected chi connectivity index (χ3v) is 3.79. The molecular formula is C12H20OS. The van der Waals surface area contributed by atoms with Gasteiger partial charge in [0.25, 0.3) is 0 Å². The van der Waals surface area contributed by atoms with Crippen LogP contribution in [0, 0.1) is 5.92 Å². The van der Waals surface area contributed by atoms with Gasteiger partial charge in [-0.1, -0.05) is 19.9 Å². The zero-order valence-electron chi connectivity index (χ0n) is 9.07. The maximum atomic E-state index is 8.95. The molecule has 0 amide bonds. The molecule has 1 nitrogen and oxygen atoms in total. The zero-order chi connectivity index (χ0) is 10.4. The first-order chi connectivity index (χ1) is 6.77. The van der Waals surface area contributed by atoms with Gasteiger partial charge >= 0.3 is 0 Å². The highest BCUT2D eigenvalue weighted by molar-refractivity contribution is 7.10. The van der Waals surface area contributed by atoms with Crippen molar-refractivity contribution in [3.63, 3.8) is 0 Å². The summed E-state index contributed by atoms with van der Waals surface area (Å²) in [5.41, 5.74) is 0. The average molecular weight is 212 g/mol. The fourth-order valence-electron chi connectivity index (χ4n) is 1.65. The predicted octanol–water partition coefficient (Wildman–Crippen LogP) is 3.65. The zero-order valence-corrected chi connectivity index (χ0v) is 9.89. The van der Waals surface area contributed by atoms with Crippen LogP contribution in [0.1, 0.15) is 43.9 Å². The Kier molecular flexibility index (Phi) is 5.20. The third-order valence-electron chi connectivity index (χ3n) is 2.76. The van der Waals surface area contributed by atoms with Crippen molar-refractivity contribution in [2.45, 2.75) is 39.0 Å². The molecule has 0 fully saturated rings. The molecule has 1 heterocycles. The second kappa shape index (κ2) is 6.20. The van der Waals surface area contributed by atoms with Crippen molar-refractivity contribution < 1.29 is 5.11 Å². The predicted molar refractivity (Wildman–Crippen MR) is 62.8 cm³/mol. The van der Waals surface area contributed by atoms with Crippen LogP contribution < -0.4 is 0 Å². The summed E-state index contributed by atoms with van der Waals surface area (Å²) in [5, 5.41) is 11.1. The van der Waals surface area contributed by atoms with Crippen molar-refractivity contribution in [1.82, 2.24) is 0 Å². The highest BCUT2D eigenvalue weighted by Crippen LogP contribution is 2.29. The minimum Gasteiger partial charge on any atom is -0.396 e. The Morgan fingerprint density at radius 3 is 2.71 bits per heavy atom. The topological polar surface area (TPSA) is 20.2 Å². The monoisotopic (exact) mass is 212 g/mol. The van der Waals surface area contributed by atoms with Gasteiger partial charge in [-0.25, -0.2) is 0 Å². The standard InChI is InChI=1S/C12H20OS/c1-3-11(7-6-10(2)9-13)12-5-4-8-14-12/h4-5,8,10-11,13H,3,6-7,9H2,1-2H3. The molecule has 0 bridgehead atoms. The SMILES string of the molecule is CCC(CCC(C)CO)c1cccs1. The summed E-state index contributed by atoms with van der Waals surface area (Å²) in [6.45, 7) is 4.68. The minimum atomic E-state index is 0.320. The number of hydrogen-bond donors (Lipinski definition) is 1. The summed E-state index contributed by atoms with van der Waals surface area (Å²) in [5.74, 6) is 1.15. The van der Waals surface area contributed by atoms with Gasteiger partial charge in [-0.2, -0.15) is 0 Å². The van der Waals surface area contributed by atoms with Gasteiger partial charge in [-0.3, -0.25) is 0 Å². The van der Waals surface area contributed by atoms with Crippen LogP contribution in [0.5, 0.6) is 0 Å². The van der Waals surface area contributed by atoms with E-state index < -0.39 is 0 Å². The highest BCUT2D eigenvalue weighted by atomic mass is 32.1. The molecule has 0 saturated heterocycles. The van der Waals surface area contributed by atoms with E-state index in [1.165, 1.54) is 17.7 Å². The van der Waals surface area contributed by atoms with Gasteiger partial charge in [0.1, 0.15) is 0 Å². The van der Waals surface area contributed by atoms with Gasteiger partial charge in [-0.15, -0.1) is 11.3 Å². The molecule has 0 aliphatic rings. The number of thiophene rings is 1. The molecule has 0 aliphatic carbocycles. The van der Waals surface area contributed by atoms with Gasteiger partial charge in [0.05, 0.1) is 0 Å². The van der Waals surface area contributed by atoms with Gasteiger partial charge < -0.3 is 5.11 Å². The maximum absolute atomic E-state index is 8.95. The maximum Gasteiger partial charge on any atom is 0.0456 e. The van der Waals surface area contributed by atoms with E-state index in [-0.39, 0.29) is 0 Å². The highest BCUT2D eigenvalue weighted by Gasteiger charge is 2.11. The fourth-order valence-corrected chi connectivity index (χ4v) is 2.60.